The molecule has 2 nitrogen and oxygen atoms in total. The van der Waals surface area contributed by atoms with Gasteiger partial charge in [0.05, 0.1) is 33.0 Å². The highest BCUT2D eigenvalue weighted by Crippen LogP contribution is 2.65. The van der Waals surface area contributed by atoms with Gasteiger partial charge < -0.3 is 9.80 Å². The van der Waals surface area contributed by atoms with Gasteiger partial charge in [-0.3, -0.25) is 0 Å². The lowest BCUT2D eigenvalue weighted by atomic mass is 9.67. The second kappa shape index (κ2) is 32.6. The number of nitrogens with zero attached hydrogens (tertiary/aromatic N) is 2. The summed E-state index contributed by atoms with van der Waals surface area (Å²) in [5, 5.41) is 4.98. The molecule has 0 fully saturated rings. The van der Waals surface area contributed by atoms with Crippen LogP contribution in [0.1, 0.15) is 89.0 Å². The van der Waals surface area contributed by atoms with Crippen LogP contribution in [0.5, 0.6) is 0 Å². The molecule has 0 saturated heterocycles. The number of rotatable bonds is 16. The molecule has 628 valence electrons. The van der Waals surface area contributed by atoms with E-state index >= 15 is 0 Å². The minimum Gasteiger partial charge on any atom is -0.310 e. The Morgan fingerprint density at radius 3 is 0.739 bits per heavy atom. The first kappa shape index (κ1) is 79.2. The Morgan fingerprint density at radius 1 is 0.134 bits per heavy atom. The Hall–Kier alpha value is -17.0. The summed E-state index contributed by atoms with van der Waals surface area (Å²) < 4.78 is 0. The number of benzene rings is 22. The first-order valence-corrected chi connectivity index (χ1v) is 46.7. The highest BCUT2D eigenvalue weighted by atomic mass is 15.2. The Kier molecular flexibility index (Phi) is 19.2. The molecule has 0 aliphatic heterocycles. The fraction of sp³-hybridized carbons (Fsp3) is 0.0303. The average molecular weight is 1700 g/mol. The third-order valence-electron chi connectivity index (χ3n) is 29.3. The van der Waals surface area contributed by atoms with Crippen molar-refractivity contribution in [1.82, 2.24) is 0 Å². The highest BCUT2D eigenvalue weighted by molar-refractivity contribution is 6.01. The molecule has 2 heteroatoms. The summed E-state index contributed by atoms with van der Waals surface area (Å²) in [5.41, 5.74) is 39.7. The van der Waals surface area contributed by atoms with E-state index in [0.717, 1.165) is 34.1 Å². The summed E-state index contributed by atoms with van der Waals surface area (Å²) in [6.45, 7) is 0. The Labute approximate surface area is 783 Å². The third-order valence-corrected chi connectivity index (χ3v) is 29.3. The molecule has 0 aromatic heterocycles. The summed E-state index contributed by atoms with van der Waals surface area (Å²) in [6.07, 6.45) is 0. The predicted octanol–water partition coefficient (Wildman–Crippen LogP) is 33.4. The number of hydrogen-bond acceptors (Lipinski definition) is 2. The Bertz CT molecular complexity index is 8010. The smallest absolute Gasteiger partial charge is 0.0734 e. The zero-order valence-corrected chi connectivity index (χ0v) is 73.9. The van der Waals surface area contributed by atoms with Crippen LogP contribution in [0.25, 0.3) is 88.3 Å². The molecule has 0 amide bonds. The molecule has 0 spiro atoms. The van der Waals surface area contributed by atoms with Crippen molar-refractivity contribution < 1.29 is 0 Å². The van der Waals surface area contributed by atoms with Gasteiger partial charge in [-0.25, -0.2) is 0 Å². The highest BCUT2D eigenvalue weighted by Gasteiger charge is 2.52. The van der Waals surface area contributed by atoms with Gasteiger partial charge in [-0.2, -0.15) is 0 Å². The van der Waals surface area contributed by atoms with E-state index in [4.69, 9.17) is 0 Å². The van der Waals surface area contributed by atoms with Crippen molar-refractivity contribution in [3.05, 3.63) is 635 Å². The number of anilines is 6. The van der Waals surface area contributed by atoms with Gasteiger partial charge in [0.25, 0.3) is 0 Å². The molecular formula is C132H90N2. The van der Waals surface area contributed by atoms with Gasteiger partial charge in [0.15, 0.2) is 0 Å². The fourth-order valence-corrected chi connectivity index (χ4v) is 23.8. The minimum absolute atomic E-state index is 0.495. The van der Waals surface area contributed by atoms with Gasteiger partial charge >= 0.3 is 0 Å². The van der Waals surface area contributed by atoms with E-state index < -0.39 is 21.7 Å². The molecule has 0 N–H and O–H groups in total. The van der Waals surface area contributed by atoms with E-state index in [1.54, 1.807) is 0 Å². The van der Waals surface area contributed by atoms with Crippen LogP contribution in [0.15, 0.2) is 546 Å². The zero-order chi connectivity index (χ0) is 88.7. The summed E-state index contributed by atoms with van der Waals surface area (Å²) in [7, 11) is 0. The van der Waals surface area contributed by atoms with E-state index in [-0.39, 0.29) is 0 Å². The zero-order valence-electron chi connectivity index (χ0n) is 73.9. The molecule has 0 unspecified atom stereocenters. The van der Waals surface area contributed by atoms with Crippen molar-refractivity contribution in [3.8, 4) is 66.8 Å². The molecule has 0 heterocycles. The van der Waals surface area contributed by atoms with Crippen LogP contribution in [0.2, 0.25) is 0 Å². The van der Waals surface area contributed by atoms with Gasteiger partial charge in [0, 0.05) is 33.9 Å². The van der Waals surface area contributed by atoms with Gasteiger partial charge in [-0.05, 0) is 233 Å². The van der Waals surface area contributed by atoms with Crippen molar-refractivity contribution in [2.24, 2.45) is 0 Å². The maximum atomic E-state index is 2.51. The quantitative estimate of drug-likeness (QED) is 0.0951. The van der Waals surface area contributed by atoms with Gasteiger partial charge in [-0.15, -0.1) is 0 Å². The topological polar surface area (TPSA) is 6.48 Å². The lowest BCUT2D eigenvalue weighted by Crippen LogP contribution is -2.30. The third kappa shape index (κ3) is 12.2. The molecule has 134 heavy (non-hydrogen) atoms. The van der Waals surface area contributed by atoms with Crippen molar-refractivity contribution in [2.75, 3.05) is 9.80 Å². The van der Waals surface area contributed by atoms with Crippen LogP contribution in [0, 0.1) is 0 Å². The first-order chi connectivity index (χ1) is 66.5. The van der Waals surface area contributed by atoms with E-state index in [1.807, 2.05) is 0 Å². The summed E-state index contributed by atoms with van der Waals surface area (Å²) in [5.74, 6) is 0. The van der Waals surface area contributed by atoms with Crippen LogP contribution < -0.4 is 9.80 Å². The molecule has 26 rings (SSSR count). The van der Waals surface area contributed by atoms with Gasteiger partial charge in [0.2, 0.25) is 0 Å². The summed E-state index contributed by atoms with van der Waals surface area (Å²) >= 11 is 0. The second-order valence-corrected chi connectivity index (χ2v) is 35.8. The SMILES string of the molecule is c1ccc(C2(c3ccc(N(c4ccc(-c5ccc6ccccc6c5)cc4)c4cccc5c4C(c4ccccc4)(c4ccccc4)c4ccccc4-5)cc3)c3ccccc3-c3ccccc32)cc1.c1ccc(C2(c3ccc(N(c4ccc(-c5cccc6ccccc56)cc4)c4cccc5c4C(c4ccccc4)(c4ccccc4)c4ccccc4-5)cc3)c3ccccc3-c3ccccc32)cc1. The maximum Gasteiger partial charge on any atom is 0.0734 e. The van der Waals surface area contributed by atoms with Crippen molar-refractivity contribution in [2.45, 2.75) is 21.7 Å². The van der Waals surface area contributed by atoms with E-state index in [9.17, 15) is 0 Å². The van der Waals surface area contributed by atoms with E-state index in [0.29, 0.717) is 0 Å². The fourth-order valence-electron chi connectivity index (χ4n) is 23.8. The van der Waals surface area contributed by atoms with Crippen molar-refractivity contribution >= 4 is 55.7 Å². The van der Waals surface area contributed by atoms with E-state index in [1.165, 1.54) is 177 Å². The molecular weight excluding hydrogens is 1610 g/mol. The summed E-state index contributed by atoms with van der Waals surface area (Å²) in [6, 6.07) is 203. The molecule has 4 aliphatic carbocycles. The van der Waals surface area contributed by atoms with Crippen molar-refractivity contribution in [1.29, 1.82) is 0 Å². The van der Waals surface area contributed by atoms with Crippen LogP contribution in [0.4, 0.5) is 34.1 Å². The van der Waals surface area contributed by atoms with Crippen LogP contribution in [0.3, 0.4) is 0 Å². The average Bonchev–Trinajstić information content (AvgIpc) is 1.64. The molecule has 0 atom stereocenters. The minimum atomic E-state index is -0.596. The molecule has 22 aromatic rings. The predicted molar refractivity (Wildman–Crippen MR) is 557 cm³/mol. The molecule has 22 aromatic carbocycles. The number of fused-ring (bicyclic) bond motifs is 14. The van der Waals surface area contributed by atoms with Crippen LogP contribution >= 0.6 is 0 Å². The Balaban J connectivity index is 0.000000143. The van der Waals surface area contributed by atoms with Gasteiger partial charge in [-0.1, -0.05) is 479 Å². The second-order valence-electron chi connectivity index (χ2n) is 35.8. The van der Waals surface area contributed by atoms with Crippen LogP contribution in [-0.4, -0.2) is 0 Å². The molecule has 0 radical (unpaired) electrons. The van der Waals surface area contributed by atoms with Crippen LogP contribution in [-0.2, 0) is 21.7 Å². The monoisotopic (exact) mass is 1700 g/mol. The Morgan fingerprint density at radius 2 is 0.373 bits per heavy atom. The van der Waals surface area contributed by atoms with Gasteiger partial charge in [0.1, 0.15) is 0 Å². The van der Waals surface area contributed by atoms with E-state index in [2.05, 4.69) is 556 Å². The van der Waals surface area contributed by atoms with Crippen molar-refractivity contribution in [3.63, 3.8) is 0 Å². The number of hydrogen-bond donors (Lipinski definition) is 0. The summed E-state index contributed by atoms with van der Waals surface area (Å²) in [4.78, 5) is 5.01. The maximum absolute atomic E-state index is 2.51. The molecule has 0 bridgehead atoms. The lowest BCUT2D eigenvalue weighted by Gasteiger charge is -2.38. The standard InChI is InChI=1S/2C66H45N/c1-4-22-48(23-5-1)65(60-34-15-12-29-56(60)57-30-13-16-35-61(57)65)51-40-44-53(45-41-51)67(52-42-38-47(39-43-52)55-32-18-21-46-20-10-11-28-54(46)55)63-37-19-33-59-58-31-14-17-36-62(58)66(64(59)63,49-24-6-2-7-25-49)50-26-8-3-9-27-50;1-4-21-50(22-5-1)65(60-31-15-12-27-56(60)57-28-13-16-32-61(57)65)53-39-43-55(44-40-53)67(54-41-37-47(38-42-54)49-36-35-46-19-10-11-20-48(46)45-49)63-34-18-30-59-58-29-14-17-33-62(58)66(64(59)63,51-23-6-2-7-24-51)52-25-8-3-9-26-52/h2*1-45H. The normalized spacial score (nSPS) is 13.6. The molecule has 4 aliphatic rings. The molecule has 0 saturated carbocycles. The lowest BCUT2D eigenvalue weighted by molar-refractivity contribution is 0.766. The first-order valence-electron chi connectivity index (χ1n) is 46.7. The largest absolute Gasteiger partial charge is 0.310 e.